The maximum absolute atomic E-state index is 10.2. The van der Waals surface area contributed by atoms with Gasteiger partial charge in [0.25, 0.3) is 0 Å². The van der Waals surface area contributed by atoms with Gasteiger partial charge >= 0.3 is 5.97 Å². The summed E-state index contributed by atoms with van der Waals surface area (Å²) in [4.78, 5) is 10.2. The molecule has 1 rings (SSSR count). The Hall–Kier alpha value is -0.280. The number of carbonyl (C=O) groups is 1. The monoisotopic (exact) mass is 149 g/mol. The van der Waals surface area contributed by atoms with Gasteiger partial charge in [-0.05, 0) is 6.42 Å². The van der Waals surface area contributed by atoms with Crippen molar-refractivity contribution in [1.82, 2.24) is 5.32 Å². The molecule has 0 aliphatic carbocycles. The Morgan fingerprint density at radius 3 is 2.67 bits per heavy atom. The van der Waals surface area contributed by atoms with Crippen LogP contribution in [-0.4, -0.2) is 29.0 Å². The third-order valence-electron chi connectivity index (χ3n) is 1.38. The molecule has 0 amide bonds. The molecule has 0 aromatic carbocycles. The van der Waals surface area contributed by atoms with Crippen molar-refractivity contribution in [3.05, 3.63) is 0 Å². The van der Waals surface area contributed by atoms with Crippen molar-refractivity contribution in [3.8, 4) is 0 Å². The summed E-state index contributed by atoms with van der Waals surface area (Å²) in [5.41, 5.74) is 0. The van der Waals surface area contributed by atoms with Gasteiger partial charge in [-0.3, -0.25) is 4.79 Å². The Labute approximate surface area is 58.0 Å². The predicted octanol–water partition coefficient (Wildman–Crippen LogP) is 0.0403. The van der Waals surface area contributed by atoms with E-state index >= 15 is 0 Å². The number of carboxylic acids is 1. The fourth-order valence-corrected chi connectivity index (χ4v) is 1.15. The van der Waals surface area contributed by atoms with Gasteiger partial charge in [-0.1, -0.05) is 0 Å². The molecular formula is C5H8ClNO2. The average Bonchev–Trinajstić information content (AvgIpc) is 2.14. The molecule has 1 aliphatic heterocycles. The summed E-state index contributed by atoms with van der Waals surface area (Å²) in [5.74, 6) is -0.807. The number of hydrogen-bond acceptors (Lipinski definition) is 2. The normalized spacial score (nSPS) is 34.8. The van der Waals surface area contributed by atoms with E-state index in [1.54, 1.807) is 0 Å². The Bertz CT molecular complexity index is 128. The van der Waals surface area contributed by atoms with Crippen molar-refractivity contribution in [2.75, 3.05) is 6.54 Å². The van der Waals surface area contributed by atoms with Gasteiger partial charge in [0.1, 0.15) is 6.04 Å². The molecule has 0 spiro atoms. The number of nitrogens with one attached hydrogen (secondary N) is 1. The molecular weight excluding hydrogens is 142 g/mol. The lowest BCUT2D eigenvalue weighted by atomic mass is 10.2. The van der Waals surface area contributed by atoms with E-state index in [9.17, 15) is 4.79 Å². The van der Waals surface area contributed by atoms with Crippen LogP contribution in [0.3, 0.4) is 0 Å². The van der Waals surface area contributed by atoms with E-state index in [-0.39, 0.29) is 5.38 Å². The molecule has 2 N–H and O–H groups in total. The van der Waals surface area contributed by atoms with Gasteiger partial charge < -0.3 is 10.4 Å². The van der Waals surface area contributed by atoms with Gasteiger partial charge in [-0.15, -0.1) is 11.6 Å². The molecule has 2 atom stereocenters. The highest BCUT2D eigenvalue weighted by Crippen LogP contribution is 2.11. The van der Waals surface area contributed by atoms with Gasteiger partial charge in [0.15, 0.2) is 0 Å². The average molecular weight is 150 g/mol. The second-order valence-corrected chi connectivity index (χ2v) is 2.75. The smallest absolute Gasteiger partial charge is 0.320 e. The van der Waals surface area contributed by atoms with E-state index in [0.29, 0.717) is 13.0 Å². The number of aliphatic carboxylic acids is 1. The second kappa shape index (κ2) is 2.54. The van der Waals surface area contributed by atoms with Crippen LogP contribution in [0.1, 0.15) is 6.42 Å². The van der Waals surface area contributed by atoms with Gasteiger partial charge in [0.05, 0.1) is 0 Å². The van der Waals surface area contributed by atoms with Crippen LogP contribution < -0.4 is 5.32 Å². The third-order valence-corrected chi connectivity index (χ3v) is 1.71. The van der Waals surface area contributed by atoms with E-state index < -0.39 is 12.0 Å². The minimum Gasteiger partial charge on any atom is -0.480 e. The Kier molecular flexibility index (Phi) is 1.93. The van der Waals surface area contributed by atoms with Gasteiger partial charge in [0.2, 0.25) is 0 Å². The maximum Gasteiger partial charge on any atom is 0.320 e. The van der Waals surface area contributed by atoms with Gasteiger partial charge in [0, 0.05) is 11.9 Å². The van der Waals surface area contributed by atoms with Gasteiger partial charge in [-0.25, -0.2) is 0 Å². The first-order chi connectivity index (χ1) is 4.20. The third kappa shape index (κ3) is 1.56. The zero-order chi connectivity index (χ0) is 6.85. The lowest BCUT2D eigenvalue weighted by Gasteiger charge is -1.99. The van der Waals surface area contributed by atoms with Crippen LogP contribution in [0.25, 0.3) is 0 Å². The van der Waals surface area contributed by atoms with Crippen molar-refractivity contribution >= 4 is 17.6 Å². The summed E-state index contributed by atoms with van der Waals surface area (Å²) >= 11 is 5.63. The Morgan fingerprint density at radius 1 is 1.78 bits per heavy atom. The summed E-state index contributed by atoms with van der Waals surface area (Å²) in [7, 11) is 0. The quantitative estimate of drug-likeness (QED) is 0.518. The highest BCUT2D eigenvalue weighted by atomic mass is 35.5. The fraction of sp³-hybridized carbons (Fsp3) is 0.800. The lowest BCUT2D eigenvalue weighted by molar-refractivity contribution is -0.139. The molecule has 1 fully saturated rings. The topological polar surface area (TPSA) is 49.3 Å². The number of alkyl halides is 1. The molecule has 0 bridgehead atoms. The summed E-state index contributed by atoms with van der Waals surface area (Å²) in [6.07, 6.45) is 0.539. The van der Waals surface area contributed by atoms with Crippen molar-refractivity contribution in [2.45, 2.75) is 17.8 Å². The molecule has 0 aromatic heterocycles. The molecule has 9 heavy (non-hydrogen) atoms. The first-order valence-electron chi connectivity index (χ1n) is 2.80. The van der Waals surface area contributed by atoms with Crippen LogP contribution in [0.5, 0.6) is 0 Å². The zero-order valence-electron chi connectivity index (χ0n) is 4.80. The summed E-state index contributed by atoms with van der Waals surface area (Å²) < 4.78 is 0. The van der Waals surface area contributed by atoms with E-state index in [4.69, 9.17) is 16.7 Å². The van der Waals surface area contributed by atoms with Crippen LogP contribution in [0.4, 0.5) is 0 Å². The fourth-order valence-electron chi connectivity index (χ4n) is 0.881. The van der Waals surface area contributed by atoms with Crippen molar-refractivity contribution in [1.29, 1.82) is 0 Å². The number of halogens is 1. The van der Waals surface area contributed by atoms with E-state index in [1.807, 2.05) is 0 Å². The van der Waals surface area contributed by atoms with Crippen LogP contribution in [0, 0.1) is 0 Å². The zero-order valence-corrected chi connectivity index (χ0v) is 5.56. The minimum atomic E-state index is -0.807. The lowest BCUT2D eigenvalue weighted by Crippen LogP contribution is -2.29. The molecule has 1 saturated heterocycles. The maximum atomic E-state index is 10.2. The van der Waals surface area contributed by atoms with E-state index in [0.717, 1.165) is 0 Å². The second-order valence-electron chi connectivity index (χ2n) is 2.13. The highest BCUT2D eigenvalue weighted by Gasteiger charge is 2.27. The molecule has 0 unspecified atom stereocenters. The van der Waals surface area contributed by atoms with Crippen LogP contribution in [-0.2, 0) is 4.79 Å². The highest BCUT2D eigenvalue weighted by molar-refractivity contribution is 6.21. The molecule has 0 aromatic rings. The van der Waals surface area contributed by atoms with Crippen LogP contribution in [0.2, 0.25) is 0 Å². The van der Waals surface area contributed by atoms with Crippen molar-refractivity contribution in [3.63, 3.8) is 0 Å². The standard InChI is InChI=1S/C5H8ClNO2/c6-3-1-4(5(8)9)7-2-3/h3-4,7H,1-2H2,(H,8,9)/t3-,4+/m0/s1. The number of rotatable bonds is 1. The van der Waals surface area contributed by atoms with Gasteiger partial charge in [-0.2, -0.15) is 0 Å². The Balaban J connectivity index is 2.39. The predicted molar refractivity (Wildman–Crippen MR) is 33.7 cm³/mol. The minimum absolute atomic E-state index is 0.00824. The molecule has 0 saturated carbocycles. The summed E-state index contributed by atoms with van der Waals surface area (Å²) in [5, 5.41) is 11.2. The Morgan fingerprint density at radius 2 is 2.44 bits per heavy atom. The molecule has 3 nitrogen and oxygen atoms in total. The SMILES string of the molecule is O=C(O)[C@H]1C[C@H](Cl)CN1. The molecule has 1 aliphatic rings. The van der Waals surface area contributed by atoms with Crippen molar-refractivity contribution < 1.29 is 9.90 Å². The van der Waals surface area contributed by atoms with Crippen molar-refractivity contribution in [2.24, 2.45) is 0 Å². The van der Waals surface area contributed by atoms with Crippen LogP contribution in [0.15, 0.2) is 0 Å². The first-order valence-corrected chi connectivity index (χ1v) is 3.24. The molecule has 4 heteroatoms. The number of hydrogen-bond donors (Lipinski definition) is 2. The first kappa shape index (κ1) is 6.83. The molecule has 52 valence electrons. The molecule has 0 radical (unpaired) electrons. The largest absolute Gasteiger partial charge is 0.480 e. The van der Waals surface area contributed by atoms with E-state index in [1.165, 1.54) is 0 Å². The molecule has 1 heterocycles. The summed E-state index contributed by atoms with van der Waals surface area (Å²) in [6, 6.07) is -0.424. The summed E-state index contributed by atoms with van der Waals surface area (Å²) in [6.45, 7) is 0.610. The van der Waals surface area contributed by atoms with E-state index in [2.05, 4.69) is 5.32 Å². The van der Waals surface area contributed by atoms with Crippen LogP contribution >= 0.6 is 11.6 Å². The number of carboxylic acid groups (broad SMARTS) is 1.